The Morgan fingerprint density at radius 1 is 1.25 bits per heavy atom. The van der Waals surface area contributed by atoms with Crippen LogP contribution in [0.4, 0.5) is 0 Å². The maximum Gasteiger partial charge on any atom is 0.173 e. The first-order valence-electron chi connectivity index (χ1n) is 3.57. The first-order valence-corrected chi connectivity index (χ1v) is 4.34. The summed E-state index contributed by atoms with van der Waals surface area (Å²) in [4.78, 5) is 8.19. The molecule has 2 aromatic heterocycles. The van der Waals surface area contributed by atoms with E-state index in [2.05, 4.69) is 14.3 Å². The van der Waals surface area contributed by atoms with Crippen LogP contribution in [0.15, 0.2) is 24.5 Å². The number of aryl methyl sites for hydroxylation is 1. The van der Waals surface area contributed by atoms with Crippen molar-refractivity contribution >= 4 is 11.5 Å². The maximum atomic E-state index is 4.26. The van der Waals surface area contributed by atoms with Crippen LogP contribution in [0.2, 0.25) is 0 Å². The molecule has 12 heavy (non-hydrogen) atoms. The molecule has 3 nitrogen and oxygen atoms in total. The molecule has 0 aliphatic rings. The third-order valence-corrected chi connectivity index (χ3v) is 2.09. The summed E-state index contributed by atoms with van der Waals surface area (Å²) < 4.78 is 4.19. The van der Waals surface area contributed by atoms with Gasteiger partial charge in [0.25, 0.3) is 0 Å². The molecule has 0 aromatic carbocycles. The lowest BCUT2D eigenvalue weighted by Crippen LogP contribution is -1.80. The SMILES string of the molecule is Cc1nc(-c2ccncc2)ns1. The fourth-order valence-corrected chi connectivity index (χ4v) is 1.41. The van der Waals surface area contributed by atoms with Crippen LogP contribution in [-0.4, -0.2) is 14.3 Å². The van der Waals surface area contributed by atoms with Gasteiger partial charge in [-0.15, -0.1) is 0 Å². The first kappa shape index (κ1) is 7.36. The van der Waals surface area contributed by atoms with Gasteiger partial charge in [-0.25, -0.2) is 4.98 Å². The molecule has 2 rings (SSSR count). The highest BCUT2D eigenvalue weighted by atomic mass is 32.1. The Bertz CT molecular complexity index is 369. The van der Waals surface area contributed by atoms with E-state index in [1.807, 2.05) is 19.1 Å². The van der Waals surface area contributed by atoms with Crippen molar-refractivity contribution in [1.29, 1.82) is 0 Å². The smallest absolute Gasteiger partial charge is 0.173 e. The van der Waals surface area contributed by atoms with Crippen molar-refractivity contribution in [1.82, 2.24) is 14.3 Å². The molecule has 0 spiro atoms. The molecule has 0 bridgehead atoms. The zero-order chi connectivity index (χ0) is 8.39. The van der Waals surface area contributed by atoms with Gasteiger partial charge in [-0.1, -0.05) is 0 Å². The lowest BCUT2D eigenvalue weighted by atomic mass is 10.3. The molecule has 0 saturated carbocycles. The summed E-state index contributed by atoms with van der Waals surface area (Å²) in [5.41, 5.74) is 1.02. The molecule has 0 unspecified atom stereocenters. The van der Waals surface area contributed by atoms with Crippen LogP contribution in [0.25, 0.3) is 11.4 Å². The molecule has 0 saturated heterocycles. The molecule has 0 N–H and O–H groups in total. The second kappa shape index (κ2) is 2.98. The molecule has 4 heteroatoms. The van der Waals surface area contributed by atoms with Crippen molar-refractivity contribution < 1.29 is 0 Å². The van der Waals surface area contributed by atoms with Gasteiger partial charge in [-0.05, 0) is 30.6 Å². The van der Waals surface area contributed by atoms with Crippen LogP contribution >= 0.6 is 11.5 Å². The van der Waals surface area contributed by atoms with Crippen molar-refractivity contribution in [2.45, 2.75) is 6.92 Å². The number of rotatable bonds is 1. The number of nitrogens with zero attached hydrogens (tertiary/aromatic N) is 3. The minimum atomic E-state index is 0.792. The predicted molar refractivity (Wildman–Crippen MR) is 47.9 cm³/mol. The zero-order valence-electron chi connectivity index (χ0n) is 6.56. The van der Waals surface area contributed by atoms with Gasteiger partial charge in [-0.2, -0.15) is 4.37 Å². The van der Waals surface area contributed by atoms with Crippen LogP contribution < -0.4 is 0 Å². The van der Waals surface area contributed by atoms with E-state index in [9.17, 15) is 0 Å². The first-order chi connectivity index (χ1) is 5.86. The third-order valence-electron chi connectivity index (χ3n) is 1.47. The van der Waals surface area contributed by atoms with Gasteiger partial charge in [0.1, 0.15) is 5.01 Å². The lowest BCUT2D eigenvalue weighted by Gasteiger charge is -1.90. The highest BCUT2D eigenvalue weighted by Crippen LogP contribution is 2.15. The average molecular weight is 177 g/mol. The van der Waals surface area contributed by atoms with Crippen LogP contribution in [0.5, 0.6) is 0 Å². The van der Waals surface area contributed by atoms with Crippen molar-refractivity contribution in [3.63, 3.8) is 0 Å². The fraction of sp³-hybridized carbons (Fsp3) is 0.125. The molecular weight excluding hydrogens is 170 g/mol. The van der Waals surface area contributed by atoms with E-state index in [1.165, 1.54) is 11.5 Å². The van der Waals surface area contributed by atoms with Crippen molar-refractivity contribution in [2.75, 3.05) is 0 Å². The monoisotopic (exact) mass is 177 g/mol. The van der Waals surface area contributed by atoms with Gasteiger partial charge < -0.3 is 0 Å². The molecule has 0 radical (unpaired) electrons. The van der Waals surface area contributed by atoms with Gasteiger partial charge in [-0.3, -0.25) is 4.98 Å². The topological polar surface area (TPSA) is 38.7 Å². The second-order valence-corrected chi connectivity index (χ2v) is 3.33. The average Bonchev–Trinajstić information content (AvgIpc) is 2.54. The summed E-state index contributed by atoms with van der Waals surface area (Å²) in [5, 5.41) is 0.988. The van der Waals surface area contributed by atoms with Crippen molar-refractivity contribution in [2.24, 2.45) is 0 Å². The van der Waals surface area contributed by atoms with E-state index in [0.29, 0.717) is 0 Å². The Balaban J connectivity index is 2.45. The summed E-state index contributed by atoms with van der Waals surface area (Å²) in [6.45, 7) is 1.95. The number of pyridine rings is 1. The summed E-state index contributed by atoms with van der Waals surface area (Å²) in [5.74, 6) is 0.792. The Hall–Kier alpha value is -1.29. The Kier molecular flexibility index (Phi) is 1.83. The van der Waals surface area contributed by atoms with E-state index < -0.39 is 0 Å². The second-order valence-electron chi connectivity index (χ2n) is 2.37. The number of hydrogen-bond acceptors (Lipinski definition) is 4. The molecule has 0 atom stereocenters. The summed E-state index contributed by atoms with van der Waals surface area (Å²) in [6, 6.07) is 3.81. The van der Waals surface area contributed by atoms with Gasteiger partial charge in [0.15, 0.2) is 5.82 Å². The zero-order valence-corrected chi connectivity index (χ0v) is 7.38. The van der Waals surface area contributed by atoms with E-state index >= 15 is 0 Å². The van der Waals surface area contributed by atoms with Crippen molar-refractivity contribution in [3.05, 3.63) is 29.5 Å². The molecule has 2 heterocycles. The van der Waals surface area contributed by atoms with Crippen molar-refractivity contribution in [3.8, 4) is 11.4 Å². The molecule has 2 aromatic rings. The van der Waals surface area contributed by atoms with Gasteiger partial charge >= 0.3 is 0 Å². The highest BCUT2D eigenvalue weighted by molar-refractivity contribution is 7.05. The van der Waals surface area contributed by atoms with Crippen LogP contribution in [0, 0.1) is 6.92 Å². The summed E-state index contributed by atoms with van der Waals surface area (Å²) in [7, 11) is 0. The molecule has 0 fully saturated rings. The minimum absolute atomic E-state index is 0.792. The van der Waals surface area contributed by atoms with Gasteiger partial charge in [0.2, 0.25) is 0 Å². The van der Waals surface area contributed by atoms with E-state index in [0.717, 1.165) is 16.4 Å². The van der Waals surface area contributed by atoms with Gasteiger partial charge in [0.05, 0.1) is 0 Å². The number of aromatic nitrogens is 3. The van der Waals surface area contributed by atoms with Crippen LogP contribution in [0.1, 0.15) is 5.01 Å². The number of hydrogen-bond donors (Lipinski definition) is 0. The van der Waals surface area contributed by atoms with E-state index in [-0.39, 0.29) is 0 Å². The predicted octanol–water partition coefficient (Wildman–Crippen LogP) is 1.91. The molecule has 60 valence electrons. The molecule has 0 aliphatic carbocycles. The third kappa shape index (κ3) is 1.33. The standard InChI is InChI=1S/C8H7N3S/c1-6-10-8(11-12-6)7-2-4-9-5-3-7/h2-5H,1H3. The maximum absolute atomic E-state index is 4.26. The Labute approximate surface area is 74.3 Å². The minimum Gasteiger partial charge on any atom is -0.265 e. The molecular formula is C8H7N3S. The van der Waals surface area contributed by atoms with E-state index in [4.69, 9.17) is 0 Å². The molecule has 0 aliphatic heterocycles. The quantitative estimate of drug-likeness (QED) is 0.667. The fourth-order valence-electron chi connectivity index (χ4n) is 0.917. The Morgan fingerprint density at radius 3 is 2.58 bits per heavy atom. The lowest BCUT2D eigenvalue weighted by molar-refractivity contribution is 1.24. The summed E-state index contributed by atoms with van der Waals surface area (Å²) in [6.07, 6.45) is 3.48. The largest absolute Gasteiger partial charge is 0.265 e. The Morgan fingerprint density at radius 2 is 2.00 bits per heavy atom. The summed E-state index contributed by atoms with van der Waals surface area (Å²) >= 11 is 1.42. The van der Waals surface area contributed by atoms with Crippen LogP contribution in [-0.2, 0) is 0 Å². The van der Waals surface area contributed by atoms with E-state index in [1.54, 1.807) is 12.4 Å². The highest BCUT2D eigenvalue weighted by Gasteiger charge is 2.01. The van der Waals surface area contributed by atoms with Gasteiger partial charge in [0, 0.05) is 18.0 Å². The molecule has 0 amide bonds. The van der Waals surface area contributed by atoms with Crippen LogP contribution in [0.3, 0.4) is 0 Å². The normalized spacial score (nSPS) is 10.1.